The lowest BCUT2D eigenvalue weighted by Gasteiger charge is -2.15. The molecule has 0 aliphatic carbocycles. The van der Waals surface area contributed by atoms with Gasteiger partial charge in [-0.1, -0.05) is 62.7 Å². The number of amides is 2. The third-order valence-electron chi connectivity index (χ3n) is 7.85. The molecule has 11 heteroatoms. The normalized spacial score (nSPS) is 11.4. The largest absolute Gasteiger partial charge is 0.488 e. The van der Waals surface area contributed by atoms with Gasteiger partial charge in [-0.25, -0.2) is 19.4 Å². The second-order valence-corrected chi connectivity index (χ2v) is 12.7. The molecule has 0 aliphatic rings. The van der Waals surface area contributed by atoms with Crippen molar-refractivity contribution in [2.75, 3.05) is 29.7 Å². The zero-order chi connectivity index (χ0) is 34.4. The number of nitrogens with zero attached hydrogens (tertiary/aromatic N) is 5. The average molecular weight is 657 g/mol. The molecule has 0 radical (unpaired) electrons. The third-order valence-corrected chi connectivity index (χ3v) is 7.85. The lowest BCUT2D eigenvalue weighted by molar-refractivity contribution is 0.201. The van der Waals surface area contributed by atoms with Crippen LogP contribution in [0.1, 0.15) is 43.3 Å². The first-order valence-electron chi connectivity index (χ1n) is 16.1. The molecule has 0 saturated carbocycles. The van der Waals surface area contributed by atoms with E-state index in [1.807, 2.05) is 85.8 Å². The van der Waals surface area contributed by atoms with Gasteiger partial charge in [0.15, 0.2) is 0 Å². The summed E-state index contributed by atoms with van der Waals surface area (Å²) in [4.78, 5) is 26.7. The summed E-state index contributed by atoms with van der Waals surface area (Å²) in [6.07, 6.45) is 5.78. The van der Waals surface area contributed by atoms with E-state index in [4.69, 9.17) is 14.6 Å². The molecule has 0 fully saturated rings. The van der Waals surface area contributed by atoms with Crippen molar-refractivity contribution in [3.05, 3.63) is 120 Å². The second kappa shape index (κ2) is 14.5. The summed E-state index contributed by atoms with van der Waals surface area (Å²) in [6.45, 7) is 9.21. The second-order valence-electron chi connectivity index (χ2n) is 12.7. The number of fused-ring (bicyclic) bond motifs is 1. The average Bonchev–Trinajstić information content (AvgIpc) is 3.52. The number of benzene rings is 3. The molecule has 6 aromatic rings. The first-order valence-corrected chi connectivity index (χ1v) is 16.1. The number of anilines is 4. The number of methoxy groups -OCH3 is 1. The van der Waals surface area contributed by atoms with Crippen molar-refractivity contribution in [3.63, 3.8) is 0 Å². The first-order chi connectivity index (χ1) is 23.7. The van der Waals surface area contributed by atoms with Crippen LogP contribution in [0.15, 0.2) is 97.5 Å². The van der Waals surface area contributed by atoms with Crippen molar-refractivity contribution >= 4 is 39.9 Å². The van der Waals surface area contributed by atoms with Crippen molar-refractivity contribution in [2.45, 2.75) is 46.1 Å². The van der Waals surface area contributed by atoms with Gasteiger partial charge in [-0.15, -0.1) is 0 Å². The van der Waals surface area contributed by atoms with Crippen molar-refractivity contribution < 1.29 is 14.3 Å². The first kappa shape index (κ1) is 33.1. The zero-order valence-electron chi connectivity index (χ0n) is 28.3. The Hall–Kier alpha value is -5.81. The number of carbonyl (C=O) groups excluding carboxylic acids is 1. The maximum absolute atomic E-state index is 13.4. The highest BCUT2D eigenvalue weighted by Gasteiger charge is 2.22. The number of aryl methyl sites for hydroxylation is 1. The van der Waals surface area contributed by atoms with Gasteiger partial charge in [0, 0.05) is 48.2 Å². The van der Waals surface area contributed by atoms with Crippen LogP contribution < -0.4 is 20.7 Å². The molecule has 250 valence electrons. The van der Waals surface area contributed by atoms with Gasteiger partial charge in [0.2, 0.25) is 0 Å². The predicted molar refractivity (Wildman–Crippen MR) is 193 cm³/mol. The Kier molecular flexibility index (Phi) is 9.82. The van der Waals surface area contributed by atoms with Crippen molar-refractivity contribution in [1.82, 2.24) is 24.7 Å². The Labute approximate surface area is 285 Å². The van der Waals surface area contributed by atoms with Crippen LogP contribution in [-0.2, 0) is 23.2 Å². The number of hydrogen-bond acceptors (Lipinski definition) is 8. The summed E-state index contributed by atoms with van der Waals surface area (Å²) in [5.41, 5.74) is 5.08. The molecule has 3 N–H and O–H groups in total. The Bertz CT molecular complexity index is 2070. The van der Waals surface area contributed by atoms with Gasteiger partial charge >= 0.3 is 6.03 Å². The Balaban J connectivity index is 1.16. The summed E-state index contributed by atoms with van der Waals surface area (Å²) in [5, 5.41) is 15.8. The summed E-state index contributed by atoms with van der Waals surface area (Å²) in [6, 6.07) is 24.9. The molecular weight excluding hydrogens is 616 g/mol. The maximum Gasteiger partial charge on any atom is 0.324 e. The monoisotopic (exact) mass is 656 g/mol. The summed E-state index contributed by atoms with van der Waals surface area (Å²) >= 11 is 0. The fourth-order valence-electron chi connectivity index (χ4n) is 5.21. The van der Waals surface area contributed by atoms with Crippen LogP contribution in [0.2, 0.25) is 0 Å². The fraction of sp³-hybridized carbons (Fsp3) is 0.237. The van der Waals surface area contributed by atoms with Crippen molar-refractivity contribution in [2.24, 2.45) is 0 Å². The van der Waals surface area contributed by atoms with Gasteiger partial charge in [0.1, 0.15) is 29.8 Å². The minimum Gasteiger partial charge on any atom is -0.488 e. The van der Waals surface area contributed by atoms with Crippen LogP contribution in [0.3, 0.4) is 0 Å². The quantitative estimate of drug-likeness (QED) is 0.128. The van der Waals surface area contributed by atoms with Crippen LogP contribution in [-0.4, -0.2) is 44.5 Å². The third kappa shape index (κ3) is 8.20. The number of pyridine rings is 1. The van der Waals surface area contributed by atoms with Crippen molar-refractivity contribution in [3.8, 4) is 11.4 Å². The van der Waals surface area contributed by atoms with Crippen LogP contribution >= 0.6 is 0 Å². The summed E-state index contributed by atoms with van der Waals surface area (Å²) in [5.74, 6) is 2.50. The van der Waals surface area contributed by atoms with E-state index in [-0.39, 0.29) is 11.4 Å². The van der Waals surface area contributed by atoms with Gasteiger partial charge in [0.25, 0.3) is 0 Å². The SMILES string of the molecule is COCCc1cncc(Nc2cc(COc3ccc(NC(=O)Nc4cc(C(C)(C)C)nn4-c4ccc(C)cc4)c4ccccc34)ccn2)n1. The highest BCUT2D eigenvalue weighted by molar-refractivity contribution is 6.07. The van der Waals surface area contributed by atoms with E-state index in [9.17, 15) is 4.79 Å². The van der Waals surface area contributed by atoms with Gasteiger partial charge < -0.3 is 20.1 Å². The Morgan fingerprint density at radius 3 is 2.47 bits per heavy atom. The number of urea groups is 1. The van der Waals surface area contributed by atoms with E-state index in [0.717, 1.165) is 39.0 Å². The summed E-state index contributed by atoms with van der Waals surface area (Å²) < 4.78 is 13.2. The van der Waals surface area contributed by atoms with E-state index < -0.39 is 0 Å². The smallest absolute Gasteiger partial charge is 0.324 e. The fourth-order valence-corrected chi connectivity index (χ4v) is 5.21. The molecule has 2 amide bonds. The maximum atomic E-state index is 13.4. The topological polar surface area (TPSA) is 128 Å². The minimum absolute atomic E-state index is 0.200. The number of hydrogen-bond donors (Lipinski definition) is 3. The van der Waals surface area contributed by atoms with Crippen LogP contribution in [0, 0.1) is 6.92 Å². The highest BCUT2D eigenvalue weighted by atomic mass is 16.5. The Morgan fingerprint density at radius 1 is 0.898 bits per heavy atom. The van der Waals surface area contributed by atoms with E-state index in [1.165, 1.54) is 0 Å². The molecule has 6 rings (SSSR count). The molecule has 0 aliphatic heterocycles. The van der Waals surface area contributed by atoms with Gasteiger partial charge in [-0.2, -0.15) is 5.10 Å². The highest BCUT2D eigenvalue weighted by Crippen LogP contribution is 2.33. The van der Waals surface area contributed by atoms with Gasteiger partial charge in [-0.05, 0) is 48.9 Å². The number of ether oxygens (including phenoxy) is 2. The van der Waals surface area contributed by atoms with Gasteiger partial charge in [0.05, 0.1) is 35.6 Å². The predicted octanol–water partition coefficient (Wildman–Crippen LogP) is 7.97. The van der Waals surface area contributed by atoms with E-state index >= 15 is 0 Å². The molecule has 3 heterocycles. The lowest BCUT2D eigenvalue weighted by atomic mass is 9.92. The molecule has 0 bridgehead atoms. The minimum atomic E-state index is -0.377. The van der Waals surface area contributed by atoms with Crippen LogP contribution in [0.25, 0.3) is 16.5 Å². The molecule has 3 aromatic heterocycles. The van der Waals surface area contributed by atoms with Gasteiger partial charge in [-0.3, -0.25) is 10.3 Å². The number of nitrogens with one attached hydrogen (secondary N) is 3. The molecule has 0 spiro atoms. The molecule has 0 unspecified atom stereocenters. The zero-order valence-corrected chi connectivity index (χ0v) is 28.3. The van der Waals surface area contributed by atoms with E-state index in [0.29, 0.717) is 48.5 Å². The molecule has 0 atom stereocenters. The molecule has 0 saturated heterocycles. The Morgan fingerprint density at radius 2 is 1.69 bits per heavy atom. The molecular formula is C38H40N8O3. The number of carbonyl (C=O) groups is 1. The van der Waals surface area contributed by atoms with Crippen LogP contribution in [0.4, 0.5) is 27.9 Å². The van der Waals surface area contributed by atoms with E-state index in [2.05, 4.69) is 51.7 Å². The molecule has 49 heavy (non-hydrogen) atoms. The van der Waals surface area contributed by atoms with E-state index in [1.54, 1.807) is 30.4 Å². The standard InChI is InChI=1S/C38H40N8O3/c1-25-10-12-28(13-11-25)46-36(21-33(45-46)38(2,3)4)44-37(47)42-31-14-15-32(30-9-7-6-8-29(30)31)49-24-26-16-18-40-34(20-26)43-35-23-39-22-27(41-35)17-19-48-5/h6-16,18,20-23H,17,19,24H2,1-5H3,(H,40,41,43)(H2,42,44,47). The molecule has 11 nitrogen and oxygen atoms in total. The lowest BCUT2D eigenvalue weighted by Crippen LogP contribution is -2.21. The molecule has 3 aromatic carbocycles. The number of aromatic nitrogens is 5. The van der Waals surface area contributed by atoms with Crippen LogP contribution in [0.5, 0.6) is 5.75 Å². The summed E-state index contributed by atoms with van der Waals surface area (Å²) in [7, 11) is 1.66. The van der Waals surface area contributed by atoms with Crippen molar-refractivity contribution in [1.29, 1.82) is 0 Å². The number of rotatable bonds is 11.